The summed E-state index contributed by atoms with van der Waals surface area (Å²) >= 11 is 0. The van der Waals surface area contributed by atoms with Crippen LogP contribution in [0.3, 0.4) is 0 Å². The molecule has 0 unspecified atom stereocenters. The molecule has 2 fully saturated rings. The van der Waals surface area contributed by atoms with E-state index in [4.69, 9.17) is 18.4 Å². The van der Waals surface area contributed by atoms with E-state index in [-0.39, 0.29) is 0 Å². The van der Waals surface area contributed by atoms with Crippen LogP contribution in [0.4, 0.5) is 5.69 Å². The summed E-state index contributed by atoms with van der Waals surface area (Å²) in [5.41, 5.74) is 4.29. The molecule has 1 aliphatic heterocycles. The monoisotopic (exact) mass is 444 g/mol. The lowest BCUT2D eigenvalue weighted by atomic mass is 10.0. The molecule has 2 aromatic heterocycles. The average Bonchev–Trinajstić information content (AvgIpc) is 3.44. The second kappa shape index (κ2) is 8.37. The zero-order valence-electron chi connectivity index (χ0n) is 18.4. The van der Waals surface area contributed by atoms with E-state index in [1.54, 1.807) is 7.11 Å². The Hall–Kier alpha value is -3.65. The predicted molar refractivity (Wildman–Crippen MR) is 122 cm³/mol. The average molecular weight is 444 g/mol. The van der Waals surface area contributed by atoms with Gasteiger partial charge in [0.2, 0.25) is 0 Å². The lowest BCUT2D eigenvalue weighted by molar-refractivity contribution is 0.122. The fourth-order valence-electron chi connectivity index (χ4n) is 4.23. The molecule has 8 heteroatoms. The Morgan fingerprint density at radius 1 is 0.970 bits per heavy atom. The van der Waals surface area contributed by atoms with Gasteiger partial charge in [-0.05, 0) is 25.0 Å². The summed E-state index contributed by atoms with van der Waals surface area (Å²) in [6.45, 7) is 3.16. The zero-order chi connectivity index (χ0) is 22.2. The minimum absolute atomic E-state index is 0.350. The van der Waals surface area contributed by atoms with Crippen molar-refractivity contribution in [3.63, 3.8) is 0 Å². The van der Waals surface area contributed by atoms with E-state index in [0.29, 0.717) is 23.4 Å². The Morgan fingerprint density at radius 2 is 1.76 bits per heavy atom. The van der Waals surface area contributed by atoms with E-state index in [9.17, 15) is 0 Å². The number of hydrogen-bond acceptors (Lipinski definition) is 8. The van der Waals surface area contributed by atoms with E-state index in [1.807, 2.05) is 42.5 Å². The quantitative estimate of drug-likeness (QED) is 0.420. The highest BCUT2D eigenvalue weighted by atomic mass is 16.5. The maximum atomic E-state index is 6.19. The fraction of sp³-hybridized carbons (Fsp3) is 0.320. The Bertz CT molecular complexity index is 1260. The van der Waals surface area contributed by atoms with Crippen molar-refractivity contribution in [3.05, 3.63) is 54.3 Å². The van der Waals surface area contributed by atoms with Gasteiger partial charge in [0.05, 0.1) is 25.9 Å². The number of nitrogens with zero attached hydrogens (tertiary/aromatic N) is 4. The van der Waals surface area contributed by atoms with Crippen LogP contribution in [0.5, 0.6) is 5.75 Å². The van der Waals surface area contributed by atoms with Crippen LogP contribution >= 0.6 is 0 Å². The molecule has 4 aromatic rings. The lowest BCUT2D eigenvalue weighted by Crippen LogP contribution is -2.36. The molecule has 1 aliphatic carbocycles. The van der Waals surface area contributed by atoms with Gasteiger partial charge < -0.3 is 23.3 Å². The molecule has 0 amide bonds. The van der Waals surface area contributed by atoms with Gasteiger partial charge in [-0.25, -0.2) is 0 Å². The predicted octanol–water partition coefficient (Wildman–Crippen LogP) is 4.78. The van der Waals surface area contributed by atoms with Crippen molar-refractivity contribution >= 4 is 5.69 Å². The molecule has 0 spiro atoms. The first-order valence-corrected chi connectivity index (χ1v) is 11.2. The highest BCUT2D eigenvalue weighted by Gasteiger charge is 2.35. The second-order valence-electron chi connectivity index (χ2n) is 8.31. The Morgan fingerprint density at radius 3 is 2.52 bits per heavy atom. The molecule has 1 saturated carbocycles. The van der Waals surface area contributed by atoms with Crippen molar-refractivity contribution < 1.29 is 18.4 Å². The molecule has 1 saturated heterocycles. The van der Waals surface area contributed by atoms with Crippen LogP contribution in [-0.4, -0.2) is 48.8 Å². The smallest absolute Gasteiger partial charge is 0.254 e. The van der Waals surface area contributed by atoms with Crippen molar-refractivity contribution in [3.8, 4) is 39.9 Å². The Kier molecular flexibility index (Phi) is 5.07. The summed E-state index contributed by atoms with van der Waals surface area (Å²) in [6, 6.07) is 16.0. The van der Waals surface area contributed by atoms with Gasteiger partial charge in [-0.3, -0.25) is 0 Å². The first-order valence-electron chi connectivity index (χ1n) is 11.2. The molecule has 8 nitrogen and oxygen atoms in total. The molecule has 6 rings (SSSR count). The minimum Gasteiger partial charge on any atom is -0.496 e. The molecule has 2 aliphatic rings. The van der Waals surface area contributed by atoms with Crippen LogP contribution in [0.25, 0.3) is 34.2 Å². The number of hydrogen-bond donors (Lipinski definition) is 0. The summed E-state index contributed by atoms with van der Waals surface area (Å²) in [7, 11) is 1.65. The number of morpholine rings is 1. The number of anilines is 1. The highest BCUT2D eigenvalue weighted by Crippen LogP contribution is 2.47. The van der Waals surface area contributed by atoms with E-state index in [1.165, 1.54) is 0 Å². The van der Waals surface area contributed by atoms with Gasteiger partial charge in [-0.2, -0.15) is 0 Å². The third-order valence-corrected chi connectivity index (χ3v) is 6.14. The molecular weight excluding hydrogens is 420 g/mol. The minimum atomic E-state index is 0.350. The maximum Gasteiger partial charge on any atom is 0.254 e. The normalized spacial score (nSPS) is 16.2. The largest absolute Gasteiger partial charge is 0.496 e. The topological polar surface area (TPSA) is 86.7 Å². The standard InChI is InChI=1S/C25H24N4O4/c1-30-20-15-18(29-11-13-31-14-12-29)9-10-19(20)24-26-27-25(32-24)21-22(16-5-3-2-4-6-16)28-33-23(21)17-7-8-17/h2-6,9-10,15,17H,7-8,11-14H2,1H3. The van der Waals surface area contributed by atoms with Gasteiger partial charge in [0, 0.05) is 36.3 Å². The van der Waals surface area contributed by atoms with Crippen LogP contribution in [0.2, 0.25) is 0 Å². The zero-order valence-corrected chi connectivity index (χ0v) is 18.4. The molecular formula is C25H24N4O4. The van der Waals surface area contributed by atoms with Gasteiger partial charge in [0.1, 0.15) is 17.0 Å². The second-order valence-corrected chi connectivity index (χ2v) is 8.31. The molecule has 0 N–H and O–H groups in total. The number of aromatic nitrogens is 3. The number of methoxy groups -OCH3 is 1. The summed E-state index contributed by atoms with van der Waals surface area (Å²) in [4.78, 5) is 2.28. The number of benzene rings is 2. The third kappa shape index (κ3) is 3.76. The molecule has 33 heavy (non-hydrogen) atoms. The van der Waals surface area contributed by atoms with Crippen LogP contribution < -0.4 is 9.64 Å². The summed E-state index contributed by atoms with van der Waals surface area (Å²) < 4.78 is 23.1. The van der Waals surface area contributed by atoms with Gasteiger partial charge in [0.25, 0.3) is 11.8 Å². The maximum absolute atomic E-state index is 6.19. The Balaban J connectivity index is 1.38. The molecule has 0 radical (unpaired) electrons. The van der Waals surface area contributed by atoms with Crippen molar-refractivity contribution in [1.82, 2.24) is 15.4 Å². The number of rotatable bonds is 6. The van der Waals surface area contributed by atoms with E-state index in [2.05, 4.69) is 26.3 Å². The fourth-order valence-corrected chi connectivity index (χ4v) is 4.23. The summed E-state index contributed by atoms with van der Waals surface area (Å²) in [5.74, 6) is 2.66. The van der Waals surface area contributed by atoms with E-state index in [0.717, 1.165) is 73.0 Å². The van der Waals surface area contributed by atoms with Crippen LogP contribution in [0, 0.1) is 0 Å². The van der Waals surface area contributed by atoms with Crippen molar-refractivity contribution in [2.45, 2.75) is 18.8 Å². The molecule has 168 valence electrons. The Labute approximate surface area is 191 Å². The van der Waals surface area contributed by atoms with Crippen LogP contribution in [-0.2, 0) is 4.74 Å². The summed E-state index contributed by atoms with van der Waals surface area (Å²) in [6.07, 6.45) is 2.16. The first kappa shape index (κ1) is 20.0. The highest BCUT2D eigenvalue weighted by molar-refractivity contribution is 5.79. The molecule has 3 heterocycles. The van der Waals surface area contributed by atoms with Gasteiger partial charge in [-0.15, -0.1) is 10.2 Å². The van der Waals surface area contributed by atoms with E-state index >= 15 is 0 Å². The third-order valence-electron chi connectivity index (χ3n) is 6.14. The van der Waals surface area contributed by atoms with Crippen LogP contribution in [0.15, 0.2) is 57.5 Å². The van der Waals surface area contributed by atoms with Crippen molar-refractivity contribution in [1.29, 1.82) is 0 Å². The molecule has 0 atom stereocenters. The van der Waals surface area contributed by atoms with Gasteiger partial charge >= 0.3 is 0 Å². The molecule has 2 aromatic carbocycles. The van der Waals surface area contributed by atoms with Gasteiger partial charge in [-0.1, -0.05) is 35.5 Å². The van der Waals surface area contributed by atoms with Crippen LogP contribution in [0.1, 0.15) is 24.5 Å². The van der Waals surface area contributed by atoms with Crippen molar-refractivity contribution in [2.75, 3.05) is 38.3 Å². The summed E-state index contributed by atoms with van der Waals surface area (Å²) in [5, 5.41) is 13.1. The van der Waals surface area contributed by atoms with Crippen molar-refractivity contribution in [2.24, 2.45) is 0 Å². The number of ether oxygens (including phenoxy) is 2. The van der Waals surface area contributed by atoms with E-state index < -0.39 is 0 Å². The molecule has 0 bridgehead atoms. The SMILES string of the molecule is COc1cc(N2CCOCC2)ccc1-c1nnc(-c2c(-c3ccccc3)noc2C2CC2)o1. The lowest BCUT2D eigenvalue weighted by Gasteiger charge is -2.29. The van der Waals surface area contributed by atoms with Gasteiger partial charge in [0.15, 0.2) is 5.76 Å². The first-order chi connectivity index (χ1) is 16.3.